The van der Waals surface area contributed by atoms with Gasteiger partial charge >= 0.3 is 0 Å². The number of anilines is 3. The topological polar surface area (TPSA) is 85.1 Å². The molecule has 0 unspecified atom stereocenters. The summed E-state index contributed by atoms with van der Waals surface area (Å²) in [6, 6.07) is 1.87. The maximum absolute atomic E-state index is 5.67. The van der Waals surface area contributed by atoms with Crippen molar-refractivity contribution in [1.82, 2.24) is 9.97 Å². The Balaban J connectivity index is 2.34. The minimum Gasteiger partial charge on any atom is -0.381 e. The van der Waals surface area contributed by atoms with Crippen molar-refractivity contribution in [3.63, 3.8) is 0 Å². The molecule has 1 aromatic rings. The zero-order valence-electron chi connectivity index (χ0n) is 11.9. The normalized spacial score (nSPS) is 10.4. The van der Waals surface area contributed by atoms with E-state index in [2.05, 4.69) is 34.4 Å². The third kappa shape index (κ3) is 6.81. The van der Waals surface area contributed by atoms with E-state index in [0.717, 1.165) is 57.2 Å². The summed E-state index contributed by atoms with van der Waals surface area (Å²) >= 11 is 0. The van der Waals surface area contributed by atoms with Gasteiger partial charge in [-0.1, -0.05) is 13.8 Å². The van der Waals surface area contributed by atoms with Gasteiger partial charge < -0.3 is 21.1 Å². The maximum atomic E-state index is 5.67. The number of nitrogens with two attached hydrogens (primary N) is 1. The van der Waals surface area contributed by atoms with Crippen LogP contribution in [-0.4, -0.2) is 36.3 Å². The molecule has 0 aliphatic heterocycles. The van der Waals surface area contributed by atoms with E-state index in [-0.39, 0.29) is 5.95 Å². The van der Waals surface area contributed by atoms with Gasteiger partial charge in [-0.15, -0.1) is 0 Å². The fourth-order valence-electron chi connectivity index (χ4n) is 1.54. The van der Waals surface area contributed by atoms with Crippen LogP contribution in [0, 0.1) is 0 Å². The summed E-state index contributed by atoms with van der Waals surface area (Å²) in [5.74, 6) is 1.80. The molecule has 0 aliphatic carbocycles. The highest BCUT2D eigenvalue weighted by Crippen LogP contribution is 2.12. The van der Waals surface area contributed by atoms with Gasteiger partial charge in [0.15, 0.2) is 0 Å². The van der Waals surface area contributed by atoms with E-state index < -0.39 is 0 Å². The van der Waals surface area contributed by atoms with Crippen LogP contribution in [0.3, 0.4) is 0 Å². The zero-order valence-corrected chi connectivity index (χ0v) is 11.9. The van der Waals surface area contributed by atoms with Gasteiger partial charge in [-0.3, -0.25) is 0 Å². The average molecular weight is 267 g/mol. The Morgan fingerprint density at radius 2 is 1.74 bits per heavy atom. The molecule has 0 saturated heterocycles. The minimum absolute atomic E-state index is 0.283. The van der Waals surface area contributed by atoms with Crippen LogP contribution in [0.1, 0.15) is 33.1 Å². The van der Waals surface area contributed by atoms with Crippen LogP contribution in [0.5, 0.6) is 0 Å². The van der Waals surface area contributed by atoms with E-state index in [4.69, 9.17) is 10.5 Å². The Morgan fingerprint density at radius 3 is 2.37 bits per heavy atom. The second kappa shape index (κ2) is 9.38. The summed E-state index contributed by atoms with van der Waals surface area (Å²) in [5, 5.41) is 6.43. The van der Waals surface area contributed by atoms with Crippen molar-refractivity contribution >= 4 is 17.6 Å². The van der Waals surface area contributed by atoms with Crippen LogP contribution >= 0.6 is 0 Å². The molecular weight excluding hydrogens is 242 g/mol. The Morgan fingerprint density at radius 1 is 1.05 bits per heavy atom. The highest BCUT2D eigenvalue weighted by Gasteiger charge is 2.01. The van der Waals surface area contributed by atoms with Gasteiger partial charge in [0.05, 0.1) is 0 Å². The molecule has 0 radical (unpaired) electrons. The third-order valence-corrected chi connectivity index (χ3v) is 2.42. The summed E-state index contributed by atoms with van der Waals surface area (Å²) in [5.41, 5.74) is 5.67. The molecule has 0 aliphatic rings. The quantitative estimate of drug-likeness (QED) is 0.563. The Kier molecular flexibility index (Phi) is 7.65. The Hall–Kier alpha value is -1.56. The number of nitrogen functional groups attached to an aromatic ring is 1. The van der Waals surface area contributed by atoms with Crippen LogP contribution in [0.15, 0.2) is 6.07 Å². The predicted molar refractivity (Wildman–Crippen MR) is 79.4 cm³/mol. The second-order valence-electron chi connectivity index (χ2n) is 4.32. The molecule has 0 amide bonds. The Labute approximate surface area is 115 Å². The van der Waals surface area contributed by atoms with Crippen LogP contribution in [0.25, 0.3) is 0 Å². The first-order chi connectivity index (χ1) is 9.26. The predicted octanol–water partition coefficient (Wildman–Crippen LogP) is 2.11. The molecule has 0 spiro atoms. The van der Waals surface area contributed by atoms with Gasteiger partial charge in [-0.05, 0) is 19.3 Å². The van der Waals surface area contributed by atoms with E-state index in [1.54, 1.807) is 0 Å². The molecule has 0 saturated carbocycles. The largest absolute Gasteiger partial charge is 0.381 e. The highest BCUT2D eigenvalue weighted by molar-refractivity contribution is 5.50. The fraction of sp³-hybridized carbons (Fsp3) is 0.692. The maximum Gasteiger partial charge on any atom is 0.223 e. The first kappa shape index (κ1) is 15.5. The van der Waals surface area contributed by atoms with Crippen molar-refractivity contribution in [2.75, 3.05) is 42.7 Å². The molecule has 6 heteroatoms. The van der Waals surface area contributed by atoms with Crippen LogP contribution in [0.4, 0.5) is 17.6 Å². The van der Waals surface area contributed by atoms with Gasteiger partial charge in [0.2, 0.25) is 5.95 Å². The first-order valence-electron chi connectivity index (χ1n) is 6.96. The van der Waals surface area contributed by atoms with Crippen molar-refractivity contribution in [1.29, 1.82) is 0 Å². The van der Waals surface area contributed by atoms with Crippen LogP contribution in [0.2, 0.25) is 0 Å². The lowest BCUT2D eigenvalue weighted by Crippen LogP contribution is -2.10. The van der Waals surface area contributed by atoms with Gasteiger partial charge in [0.1, 0.15) is 11.6 Å². The third-order valence-electron chi connectivity index (χ3n) is 2.42. The summed E-state index contributed by atoms with van der Waals surface area (Å²) in [4.78, 5) is 8.28. The molecular formula is C13H25N5O. The lowest BCUT2D eigenvalue weighted by Gasteiger charge is -2.09. The standard InChI is InChI=1S/C13H25N5O/c1-3-6-15-11-10-12(18-13(14)17-11)16-7-5-9-19-8-4-2/h10H,3-9H2,1-2H3,(H4,14,15,16,17,18). The molecule has 6 nitrogen and oxygen atoms in total. The average Bonchev–Trinajstić information content (AvgIpc) is 2.40. The van der Waals surface area contributed by atoms with Gasteiger partial charge in [-0.25, -0.2) is 0 Å². The number of nitrogens with one attached hydrogen (secondary N) is 2. The molecule has 1 rings (SSSR count). The summed E-state index contributed by atoms with van der Waals surface area (Å²) in [6.45, 7) is 7.49. The molecule has 4 N–H and O–H groups in total. The summed E-state index contributed by atoms with van der Waals surface area (Å²) in [6.07, 6.45) is 3.05. The van der Waals surface area contributed by atoms with E-state index in [1.807, 2.05) is 6.07 Å². The van der Waals surface area contributed by atoms with Crippen molar-refractivity contribution in [2.45, 2.75) is 33.1 Å². The van der Waals surface area contributed by atoms with E-state index in [9.17, 15) is 0 Å². The molecule has 1 heterocycles. The van der Waals surface area contributed by atoms with Crippen molar-refractivity contribution in [3.8, 4) is 0 Å². The molecule has 108 valence electrons. The molecule has 1 aromatic heterocycles. The Bertz CT molecular complexity index is 359. The summed E-state index contributed by atoms with van der Waals surface area (Å²) in [7, 11) is 0. The van der Waals surface area contributed by atoms with Gasteiger partial charge in [0.25, 0.3) is 0 Å². The lowest BCUT2D eigenvalue weighted by atomic mass is 10.4. The van der Waals surface area contributed by atoms with E-state index >= 15 is 0 Å². The molecule has 0 fully saturated rings. The number of hydrogen-bond donors (Lipinski definition) is 3. The van der Waals surface area contributed by atoms with Crippen LogP contribution < -0.4 is 16.4 Å². The van der Waals surface area contributed by atoms with E-state index in [1.165, 1.54) is 0 Å². The zero-order chi connectivity index (χ0) is 13.9. The molecule has 0 aromatic carbocycles. The second-order valence-corrected chi connectivity index (χ2v) is 4.32. The number of rotatable bonds is 10. The number of nitrogens with zero attached hydrogens (tertiary/aromatic N) is 2. The van der Waals surface area contributed by atoms with E-state index in [0.29, 0.717) is 0 Å². The molecule has 0 atom stereocenters. The minimum atomic E-state index is 0.283. The monoisotopic (exact) mass is 267 g/mol. The highest BCUT2D eigenvalue weighted by atomic mass is 16.5. The van der Waals surface area contributed by atoms with Crippen molar-refractivity contribution in [2.24, 2.45) is 0 Å². The first-order valence-corrected chi connectivity index (χ1v) is 6.96. The smallest absolute Gasteiger partial charge is 0.223 e. The fourth-order valence-corrected chi connectivity index (χ4v) is 1.54. The van der Waals surface area contributed by atoms with Gasteiger partial charge in [-0.2, -0.15) is 9.97 Å². The summed E-state index contributed by atoms with van der Waals surface area (Å²) < 4.78 is 5.41. The van der Waals surface area contributed by atoms with Gasteiger partial charge in [0, 0.05) is 32.4 Å². The number of aromatic nitrogens is 2. The molecule has 0 bridgehead atoms. The SMILES string of the molecule is CCCNc1cc(NCCCOCCC)nc(N)n1. The van der Waals surface area contributed by atoms with Crippen molar-refractivity contribution in [3.05, 3.63) is 6.07 Å². The van der Waals surface area contributed by atoms with Crippen LogP contribution in [-0.2, 0) is 4.74 Å². The number of ether oxygens (including phenoxy) is 1. The number of hydrogen-bond acceptors (Lipinski definition) is 6. The lowest BCUT2D eigenvalue weighted by molar-refractivity contribution is 0.134. The van der Waals surface area contributed by atoms with Crippen molar-refractivity contribution < 1.29 is 4.74 Å². The molecule has 19 heavy (non-hydrogen) atoms.